The summed E-state index contributed by atoms with van der Waals surface area (Å²) in [4.78, 5) is 0.220. The Hall–Kier alpha value is -2.14. The fraction of sp³-hybridized carbons (Fsp3) is 0.238. The van der Waals surface area contributed by atoms with Crippen molar-refractivity contribution in [2.75, 3.05) is 6.54 Å². The lowest BCUT2D eigenvalue weighted by Gasteiger charge is -2.23. The SMILES string of the molecule is FC(F)(F)Sc1ccc2c(c1)C(=C1CCCCN1)c1ccccc1C=C2. The highest BCUT2D eigenvalue weighted by Crippen LogP contribution is 2.42. The molecule has 1 N–H and O–H groups in total. The van der Waals surface area contributed by atoms with Gasteiger partial charge < -0.3 is 5.32 Å². The molecule has 2 aromatic carbocycles. The van der Waals surface area contributed by atoms with Crippen molar-refractivity contribution in [1.29, 1.82) is 0 Å². The van der Waals surface area contributed by atoms with Crippen LogP contribution in [0.4, 0.5) is 13.2 Å². The van der Waals surface area contributed by atoms with Crippen LogP contribution in [0.1, 0.15) is 41.5 Å². The molecule has 4 rings (SSSR count). The first kappa shape index (κ1) is 17.3. The molecule has 2 aliphatic rings. The van der Waals surface area contributed by atoms with Gasteiger partial charge in [0.25, 0.3) is 0 Å². The van der Waals surface area contributed by atoms with Gasteiger partial charge in [0.15, 0.2) is 0 Å². The second-order valence-electron chi connectivity index (χ2n) is 6.45. The Morgan fingerprint density at radius 2 is 1.65 bits per heavy atom. The maximum Gasteiger partial charge on any atom is 0.446 e. The van der Waals surface area contributed by atoms with Crippen molar-refractivity contribution < 1.29 is 13.2 Å². The summed E-state index contributed by atoms with van der Waals surface area (Å²) in [6.45, 7) is 0.904. The molecule has 1 nitrogen and oxygen atoms in total. The van der Waals surface area contributed by atoms with Gasteiger partial charge in [0.1, 0.15) is 0 Å². The highest BCUT2D eigenvalue weighted by atomic mass is 32.2. The van der Waals surface area contributed by atoms with Crippen LogP contribution in [0.25, 0.3) is 17.7 Å². The molecule has 0 atom stereocenters. The average Bonchev–Trinajstić information content (AvgIpc) is 2.77. The number of hydrogen-bond donors (Lipinski definition) is 1. The van der Waals surface area contributed by atoms with Gasteiger partial charge in [-0.25, -0.2) is 0 Å². The second-order valence-corrected chi connectivity index (χ2v) is 7.59. The monoisotopic (exact) mass is 373 g/mol. The molecule has 0 amide bonds. The number of nitrogens with one attached hydrogen (secondary N) is 1. The van der Waals surface area contributed by atoms with E-state index in [1.54, 1.807) is 18.2 Å². The molecule has 1 saturated heterocycles. The number of alkyl halides is 3. The maximum absolute atomic E-state index is 12.9. The van der Waals surface area contributed by atoms with E-state index in [4.69, 9.17) is 0 Å². The molecule has 1 fully saturated rings. The molecule has 134 valence electrons. The van der Waals surface area contributed by atoms with Crippen LogP contribution in [-0.4, -0.2) is 12.1 Å². The van der Waals surface area contributed by atoms with Gasteiger partial charge in [-0.1, -0.05) is 42.5 Å². The third-order valence-corrected chi connectivity index (χ3v) is 5.42. The summed E-state index contributed by atoms with van der Waals surface area (Å²) in [5.74, 6) is 0. The lowest BCUT2D eigenvalue weighted by molar-refractivity contribution is -0.0328. The van der Waals surface area contributed by atoms with E-state index in [0.717, 1.165) is 59.3 Å². The Morgan fingerprint density at radius 1 is 0.885 bits per heavy atom. The predicted octanol–water partition coefficient (Wildman–Crippen LogP) is 6.32. The minimum absolute atomic E-state index is 0.0567. The lowest BCUT2D eigenvalue weighted by atomic mass is 9.89. The van der Waals surface area contributed by atoms with Crippen molar-refractivity contribution in [3.8, 4) is 0 Å². The van der Waals surface area contributed by atoms with E-state index in [9.17, 15) is 13.2 Å². The molecular weight excluding hydrogens is 355 g/mol. The highest BCUT2D eigenvalue weighted by molar-refractivity contribution is 8.00. The van der Waals surface area contributed by atoms with Gasteiger partial charge in [-0.15, -0.1) is 0 Å². The van der Waals surface area contributed by atoms with Gasteiger partial charge in [0.2, 0.25) is 0 Å². The van der Waals surface area contributed by atoms with Crippen LogP contribution < -0.4 is 5.32 Å². The third kappa shape index (κ3) is 3.54. The van der Waals surface area contributed by atoms with Gasteiger partial charge >= 0.3 is 5.51 Å². The van der Waals surface area contributed by atoms with Gasteiger partial charge in [-0.3, -0.25) is 0 Å². The summed E-state index contributed by atoms with van der Waals surface area (Å²) in [6, 6.07) is 13.1. The number of rotatable bonds is 1. The fourth-order valence-electron chi connectivity index (χ4n) is 3.58. The van der Waals surface area contributed by atoms with Gasteiger partial charge in [-0.05, 0) is 65.4 Å². The zero-order valence-corrected chi connectivity index (χ0v) is 14.9. The van der Waals surface area contributed by atoms with E-state index in [0.29, 0.717) is 0 Å². The molecule has 5 heteroatoms. The summed E-state index contributed by atoms with van der Waals surface area (Å²) >= 11 is -0.0567. The molecule has 2 aromatic rings. The Morgan fingerprint density at radius 3 is 2.38 bits per heavy atom. The van der Waals surface area contributed by atoms with Crippen LogP contribution in [0.15, 0.2) is 53.1 Å². The van der Waals surface area contributed by atoms with Gasteiger partial charge in [0, 0.05) is 22.7 Å². The highest BCUT2D eigenvalue weighted by Gasteiger charge is 2.30. The number of benzene rings is 2. The molecule has 0 radical (unpaired) electrons. The number of thioether (sulfide) groups is 1. The normalized spacial score (nSPS) is 19.3. The molecule has 0 unspecified atom stereocenters. The van der Waals surface area contributed by atoms with Crippen LogP contribution in [0.2, 0.25) is 0 Å². The first-order valence-corrected chi connectivity index (χ1v) is 9.47. The van der Waals surface area contributed by atoms with Crippen molar-refractivity contribution >= 4 is 29.5 Å². The molecule has 0 bridgehead atoms. The molecular formula is C21H18F3NS. The number of hydrogen-bond acceptors (Lipinski definition) is 2. The van der Waals surface area contributed by atoms with Gasteiger partial charge in [0.05, 0.1) is 0 Å². The average molecular weight is 373 g/mol. The quantitative estimate of drug-likeness (QED) is 0.501. The number of fused-ring (bicyclic) bond motifs is 2. The predicted molar refractivity (Wildman–Crippen MR) is 102 cm³/mol. The number of piperidine rings is 1. The minimum Gasteiger partial charge on any atom is -0.388 e. The van der Waals surface area contributed by atoms with E-state index in [1.165, 1.54) is 0 Å². The Balaban J connectivity index is 1.92. The molecule has 1 aliphatic carbocycles. The first-order chi connectivity index (χ1) is 12.5. The molecule has 26 heavy (non-hydrogen) atoms. The van der Waals surface area contributed by atoms with Crippen LogP contribution in [0.3, 0.4) is 0 Å². The third-order valence-electron chi connectivity index (χ3n) is 4.69. The molecule has 1 heterocycles. The van der Waals surface area contributed by atoms with E-state index in [1.807, 2.05) is 30.4 Å². The fourth-order valence-corrected chi connectivity index (χ4v) is 4.16. The molecule has 1 aliphatic heterocycles. The Bertz CT molecular complexity index is 888. The maximum atomic E-state index is 12.9. The van der Waals surface area contributed by atoms with Crippen LogP contribution in [0.5, 0.6) is 0 Å². The van der Waals surface area contributed by atoms with Crippen LogP contribution >= 0.6 is 11.8 Å². The second kappa shape index (κ2) is 6.88. The van der Waals surface area contributed by atoms with Crippen molar-refractivity contribution in [3.05, 3.63) is 70.4 Å². The van der Waals surface area contributed by atoms with E-state index < -0.39 is 5.51 Å². The summed E-state index contributed by atoms with van der Waals surface area (Å²) in [6.07, 6.45) is 7.16. The first-order valence-electron chi connectivity index (χ1n) is 8.66. The van der Waals surface area contributed by atoms with Crippen molar-refractivity contribution in [2.24, 2.45) is 0 Å². The topological polar surface area (TPSA) is 12.0 Å². The standard InChI is InChI=1S/C21H18F3NS/c22-21(23,24)26-16-11-10-15-9-8-14-5-1-2-6-17(14)20(18(15)13-16)19-7-3-4-12-25-19/h1-2,5-6,8-11,13,25H,3-4,7,12H2. The minimum atomic E-state index is -4.29. The zero-order valence-electron chi connectivity index (χ0n) is 14.1. The largest absolute Gasteiger partial charge is 0.446 e. The van der Waals surface area contributed by atoms with Crippen LogP contribution in [0, 0.1) is 0 Å². The zero-order chi connectivity index (χ0) is 18.1. The smallest absolute Gasteiger partial charge is 0.388 e. The van der Waals surface area contributed by atoms with E-state index in [2.05, 4.69) is 11.4 Å². The number of halogens is 3. The lowest BCUT2D eigenvalue weighted by Crippen LogP contribution is -2.21. The number of allylic oxidation sites excluding steroid dienone is 1. The summed E-state index contributed by atoms with van der Waals surface area (Å²) in [5.41, 5.74) is 1.84. The summed E-state index contributed by atoms with van der Waals surface area (Å²) < 4.78 is 38.6. The van der Waals surface area contributed by atoms with Crippen LogP contribution in [-0.2, 0) is 0 Å². The van der Waals surface area contributed by atoms with E-state index >= 15 is 0 Å². The van der Waals surface area contributed by atoms with Crippen molar-refractivity contribution in [1.82, 2.24) is 5.32 Å². The van der Waals surface area contributed by atoms with Crippen molar-refractivity contribution in [3.63, 3.8) is 0 Å². The Labute approximate surface area is 155 Å². The van der Waals surface area contributed by atoms with E-state index in [-0.39, 0.29) is 16.7 Å². The summed E-state index contributed by atoms with van der Waals surface area (Å²) in [7, 11) is 0. The van der Waals surface area contributed by atoms with Crippen molar-refractivity contribution in [2.45, 2.75) is 29.7 Å². The molecule has 0 saturated carbocycles. The molecule has 0 spiro atoms. The molecule has 0 aromatic heterocycles. The summed E-state index contributed by atoms with van der Waals surface area (Å²) in [5, 5.41) is 3.49. The Kier molecular flexibility index (Phi) is 4.57. The van der Waals surface area contributed by atoms with Gasteiger partial charge in [-0.2, -0.15) is 13.2 Å².